The third-order valence-electron chi connectivity index (χ3n) is 12.5. The number of benzene rings is 10. The van der Waals surface area contributed by atoms with Crippen molar-refractivity contribution in [3.63, 3.8) is 0 Å². The Morgan fingerprint density at radius 3 is 1.28 bits per heavy atom. The molecule has 0 unspecified atom stereocenters. The zero-order valence-corrected chi connectivity index (χ0v) is 32.8. The summed E-state index contributed by atoms with van der Waals surface area (Å²) >= 11 is 0. The quantitative estimate of drug-likeness (QED) is 0.165. The fourth-order valence-corrected chi connectivity index (χ4v) is 9.84. The summed E-state index contributed by atoms with van der Waals surface area (Å²) in [7, 11) is 0. The number of hydrogen-bond acceptors (Lipinski definition) is 0. The van der Waals surface area contributed by atoms with Crippen molar-refractivity contribution < 1.29 is 6.85 Å². The summed E-state index contributed by atoms with van der Waals surface area (Å²) < 4.78 is 49.7. The topological polar surface area (TPSA) is 14.8 Å². The Balaban J connectivity index is 1.07. The van der Waals surface area contributed by atoms with E-state index in [0.29, 0.717) is 0 Å². The maximum absolute atomic E-state index is 8.93. The molecule has 13 rings (SSSR count). The van der Waals surface area contributed by atoms with Crippen LogP contribution in [0.5, 0.6) is 0 Å². The lowest BCUT2D eigenvalue weighted by atomic mass is 9.96. The second-order valence-electron chi connectivity index (χ2n) is 15.8. The molecule has 0 radical (unpaired) electrons. The SMILES string of the molecule is [2H]c1c([2H])c([2H])c(-n2c3ccccc3c3cc(-c4cc(-c5ccc6c(c5)c5ccccc5n6-c5cccc6ccccc56)cc(-n5c6ccccc6c6ccccc65)c4)ccc32)c([2H])c1[2H]. The molecule has 3 heterocycles. The zero-order valence-electron chi connectivity index (χ0n) is 37.8. The van der Waals surface area contributed by atoms with Gasteiger partial charge < -0.3 is 13.7 Å². The van der Waals surface area contributed by atoms with Gasteiger partial charge in [0.25, 0.3) is 0 Å². The van der Waals surface area contributed by atoms with Crippen LogP contribution >= 0.6 is 0 Å². The average molecular weight is 781 g/mol. The van der Waals surface area contributed by atoms with Crippen molar-refractivity contribution in [1.82, 2.24) is 13.7 Å². The van der Waals surface area contributed by atoms with Gasteiger partial charge in [-0.25, -0.2) is 0 Å². The lowest BCUT2D eigenvalue weighted by Gasteiger charge is -2.15. The summed E-state index contributed by atoms with van der Waals surface area (Å²) in [4.78, 5) is 0. The molecule has 0 N–H and O–H groups in total. The Labute approximate surface area is 359 Å². The first kappa shape index (κ1) is 29.1. The third kappa shape index (κ3) is 5.11. The predicted octanol–water partition coefficient (Wildman–Crippen LogP) is 15.5. The number of para-hydroxylation sites is 5. The normalized spacial score (nSPS) is 13.1. The average Bonchev–Trinajstić information content (AvgIpc) is 4.00. The predicted molar refractivity (Wildman–Crippen MR) is 258 cm³/mol. The van der Waals surface area contributed by atoms with E-state index in [0.717, 1.165) is 77.5 Å². The largest absolute Gasteiger partial charge is 0.309 e. The van der Waals surface area contributed by atoms with Gasteiger partial charge in [-0.05, 0) is 113 Å². The second kappa shape index (κ2) is 13.2. The molecule has 0 saturated carbocycles. The Morgan fingerprint density at radius 2 is 0.705 bits per heavy atom. The number of fused-ring (bicyclic) bond motifs is 10. The summed E-state index contributed by atoms with van der Waals surface area (Å²) in [6.45, 7) is 0. The smallest absolute Gasteiger partial charge is 0.0645 e. The van der Waals surface area contributed by atoms with Crippen molar-refractivity contribution in [2.45, 2.75) is 0 Å². The summed E-state index contributed by atoms with van der Waals surface area (Å²) in [6.07, 6.45) is 0. The van der Waals surface area contributed by atoms with Gasteiger partial charge in [0.1, 0.15) is 0 Å². The highest BCUT2D eigenvalue weighted by molar-refractivity contribution is 6.13. The van der Waals surface area contributed by atoms with Crippen molar-refractivity contribution in [2.75, 3.05) is 0 Å². The van der Waals surface area contributed by atoms with Crippen molar-refractivity contribution in [2.24, 2.45) is 0 Å². The highest BCUT2D eigenvalue weighted by atomic mass is 15.0. The van der Waals surface area contributed by atoms with Crippen LogP contribution < -0.4 is 0 Å². The van der Waals surface area contributed by atoms with Crippen molar-refractivity contribution in [1.29, 1.82) is 0 Å². The van der Waals surface area contributed by atoms with Crippen LogP contribution in [-0.4, -0.2) is 13.7 Å². The molecule has 3 nitrogen and oxygen atoms in total. The summed E-state index contributed by atoms with van der Waals surface area (Å²) in [5.41, 5.74) is 12.5. The van der Waals surface area contributed by atoms with Gasteiger partial charge in [0.2, 0.25) is 0 Å². The van der Waals surface area contributed by atoms with Gasteiger partial charge in [0.15, 0.2) is 0 Å². The minimum absolute atomic E-state index is 0.132. The Kier molecular flexibility index (Phi) is 6.30. The van der Waals surface area contributed by atoms with Crippen LogP contribution in [0.4, 0.5) is 0 Å². The highest BCUT2D eigenvalue weighted by Gasteiger charge is 2.19. The molecule has 3 aromatic heterocycles. The number of hydrogen-bond donors (Lipinski definition) is 0. The van der Waals surface area contributed by atoms with E-state index in [4.69, 9.17) is 6.85 Å². The molecule has 284 valence electrons. The molecule has 0 spiro atoms. The molecule has 0 amide bonds. The lowest BCUT2D eigenvalue weighted by molar-refractivity contribution is 1.18. The van der Waals surface area contributed by atoms with Gasteiger partial charge in [-0.2, -0.15) is 0 Å². The van der Waals surface area contributed by atoms with Gasteiger partial charge >= 0.3 is 0 Å². The molecule has 61 heavy (non-hydrogen) atoms. The molecule has 0 fully saturated rings. The Hall–Kier alpha value is -8.14. The van der Waals surface area contributed by atoms with E-state index in [1.54, 1.807) is 0 Å². The molecule has 0 saturated heterocycles. The van der Waals surface area contributed by atoms with E-state index in [-0.39, 0.29) is 29.9 Å². The van der Waals surface area contributed by atoms with E-state index < -0.39 is 6.04 Å². The zero-order chi connectivity index (χ0) is 44.4. The maximum atomic E-state index is 8.93. The second-order valence-corrected chi connectivity index (χ2v) is 15.8. The Bertz CT molecular complexity index is 4110. The van der Waals surface area contributed by atoms with Gasteiger partial charge in [0.05, 0.1) is 45.6 Å². The van der Waals surface area contributed by atoms with Crippen LogP contribution in [0.3, 0.4) is 0 Å². The first-order chi connectivity index (χ1) is 32.3. The van der Waals surface area contributed by atoms with Crippen molar-refractivity contribution >= 4 is 76.2 Å². The Morgan fingerprint density at radius 1 is 0.279 bits per heavy atom. The molecule has 0 bridgehead atoms. The first-order valence-corrected chi connectivity index (χ1v) is 20.6. The molecule has 0 atom stereocenters. The molecule has 13 aromatic rings. The fourth-order valence-electron chi connectivity index (χ4n) is 9.84. The molecule has 0 aliphatic carbocycles. The van der Waals surface area contributed by atoms with Crippen LogP contribution in [0.15, 0.2) is 224 Å². The molecular formula is C58H37N3. The molecule has 3 heteroatoms. The fraction of sp³-hybridized carbons (Fsp3) is 0. The van der Waals surface area contributed by atoms with E-state index >= 15 is 0 Å². The number of nitrogens with zero attached hydrogens (tertiary/aromatic N) is 3. The minimum Gasteiger partial charge on any atom is -0.309 e. The molecular weight excluding hydrogens is 739 g/mol. The summed E-state index contributed by atoms with van der Waals surface area (Å²) in [5.74, 6) is 0. The standard InChI is InChI=1S/C58H37N3/c1-2-17-43(18-3-1)59-55-26-12-8-22-48(55)50-36-39(29-31-57(50)59)41-33-42(35-44(34-41)60-53-24-10-6-20-46(53)47-21-7-11-25-54(47)60)40-30-32-58-51(37-40)49-23-9-13-27-56(49)61(58)52-28-14-16-38-15-4-5-19-45(38)52/h1-37H/i1D,2D,3D,17D,18D. The van der Waals surface area contributed by atoms with Gasteiger partial charge in [-0.3, -0.25) is 0 Å². The molecule has 0 aliphatic rings. The van der Waals surface area contributed by atoms with Crippen LogP contribution in [-0.2, 0) is 0 Å². The van der Waals surface area contributed by atoms with Crippen LogP contribution in [0.25, 0.3) is 116 Å². The maximum Gasteiger partial charge on any atom is 0.0645 e. The summed E-state index contributed by atoms with van der Waals surface area (Å²) in [6, 6.07) is 67.2. The molecule has 0 aliphatic heterocycles. The van der Waals surface area contributed by atoms with Crippen LogP contribution in [0.1, 0.15) is 6.85 Å². The van der Waals surface area contributed by atoms with Gasteiger partial charge in [-0.15, -0.1) is 0 Å². The van der Waals surface area contributed by atoms with E-state index in [1.165, 1.54) is 32.3 Å². The number of aromatic nitrogens is 3. The minimum atomic E-state index is -0.412. The van der Waals surface area contributed by atoms with E-state index in [2.05, 4.69) is 173 Å². The number of rotatable bonds is 5. The van der Waals surface area contributed by atoms with Crippen molar-refractivity contribution in [3.8, 4) is 39.3 Å². The van der Waals surface area contributed by atoms with Crippen LogP contribution in [0.2, 0.25) is 0 Å². The van der Waals surface area contributed by atoms with E-state index in [1.807, 2.05) is 34.9 Å². The third-order valence-corrected chi connectivity index (χ3v) is 12.5. The highest BCUT2D eigenvalue weighted by Crippen LogP contribution is 2.41. The first-order valence-electron chi connectivity index (χ1n) is 23.1. The van der Waals surface area contributed by atoms with E-state index in [9.17, 15) is 0 Å². The van der Waals surface area contributed by atoms with Crippen LogP contribution in [0, 0.1) is 0 Å². The lowest BCUT2D eigenvalue weighted by Crippen LogP contribution is -1.96. The monoisotopic (exact) mass is 780 g/mol. The van der Waals surface area contributed by atoms with Crippen molar-refractivity contribution in [3.05, 3.63) is 224 Å². The molecule has 10 aromatic carbocycles. The van der Waals surface area contributed by atoms with Gasteiger partial charge in [-0.1, -0.05) is 139 Å². The summed E-state index contributed by atoms with van der Waals surface area (Å²) in [5, 5.41) is 8.96. The van der Waals surface area contributed by atoms with Gasteiger partial charge in [0, 0.05) is 49.1 Å².